The second-order valence-corrected chi connectivity index (χ2v) is 8.13. The van der Waals surface area contributed by atoms with Crippen LogP contribution in [-0.4, -0.2) is 52.0 Å². The van der Waals surface area contributed by atoms with E-state index >= 15 is 0 Å². The number of carbonyl (C=O) groups excluding carboxylic acids is 1. The number of rotatable bonds is 11. The molecule has 7 nitrogen and oxygen atoms in total. The Morgan fingerprint density at radius 3 is 2.45 bits per heavy atom. The van der Waals surface area contributed by atoms with Crippen molar-refractivity contribution in [3.8, 4) is 17.2 Å². The molecule has 1 aliphatic heterocycles. The fourth-order valence-corrected chi connectivity index (χ4v) is 3.87. The van der Waals surface area contributed by atoms with E-state index in [4.69, 9.17) is 30.5 Å². The van der Waals surface area contributed by atoms with Crippen LogP contribution in [0.5, 0.6) is 17.2 Å². The summed E-state index contributed by atoms with van der Waals surface area (Å²) in [5.41, 5.74) is 2.53. The molecule has 1 heterocycles. The van der Waals surface area contributed by atoms with Crippen molar-refractivity contribution in [3.05, 3.63) is 40.9 Å². The van der Waals surface area contributed by atoms with Gasteiger partial charge in [0.05, 0.1) is 44.4 Å². The highest BCUT2D eigenvalue weighted by Crippen LogP contribution is 2.39. The topological polar surface area (TPSA) is 69.3 Å². The zero-order chi connectivity index (χ0) is 23.6. The lowest BCUT2D eigenvalue weighted by molar-refractivity contribution is -0.116. The first-order valence-electron chi connectivity index (χ1n) is 11.5. The quantitative estimate of drug-likeness (QED) is 0.456. The smallest absolute Gasteiger partial charge is 0.224 e. The number of anilines is 2. The second-order valence-electron chi connectivity index (χ2n) is 7.69. The molecule has 0 aromatic heterocycles. The maximum absolute atomic E-state index is 12.6. The average molecular weight is 477 g/mol. The van der Waals surface area contributed by atoms with Crippen LogP contribution in [0, 0.1) is 6.92 Å². The molecular formula is C25H33ClN2O5. The van der Waals surface area contributed by atoms with Crippen LogP contribution < -0.4 is 24.4 Å². The maximum atomic E-state index is 12.6. The monoisotopic (exact) mass is 476 g/mol. The third-order valence-electron chi connectivity index (χ3n) is 5.23. The average Bonchev–Trinajstić information content (AvgIpc) is 2.80. The van der Waals surface area contributed by atoms with Gasteiger partial charge in [0.25, 0.3) is 0 Å². The van der Waals surface area contributed by atoms with Crippen LogP contribution in [0.3, 0.4) is 0 Å². The maximum Gasteiger partial charge on any atom is 0.224 e. The summed E-state index contributed by atoms with van der Waals surface area (Å²) in [5.74, 6) is 2.02. The van der Waals surface area contributed by atoms with E-state index in [1.165, 1.54) is 0 Å². The van der Waals surface area contributed by atoms with E-state index in [9.17, 15) is 4.79 Å². The molecule has 3 rings (SSSR count). The molecule has 0 aliphatic carbocycles. The van der Waals surface area contributed by atoms with E-state index in [-0.39, 0.29) is 5.91 Å². The van der Waals surface area contributed by atoms with Crippen LogP contribution in [0.2, 0.25) is 5.02 Å². The molecule has 1 saturated heterocycles. The highest BCUT2D eigenvalue weighted by Gasteiger charge is 2.20. The van der Waals surface area contributed by atoms with Gasteiger partial charge >= 0.3 is 0 Å². The van der Waals surface area contributed by atoms with Crippen molar-refractivity contribution in [3.63, 3.8) is 0 Å². The molecule has 2 aromatic rings. The van der Waals surface area contributed by atoms with Gasteiger partial charge < -0.3 is 29.2 Å². The number of nitrogens with zero attached hydrogens (tertiary/aromatic N) is 1. The predicted molar refractivity (Wildman–Crippen MR) is 131 cm³/mol. The highest BCUT2D eigenvalue weighted by atomic mass is 35.5. The number of nitrogens with one attached hydrogen (secondary N) is 1. The molecule has 0 saturated carbocycles. The molecule has 1 fully saturated rings. The molecule has 0 atom stereocenters. The fourth-order valence-electron chi connectivity index (χ4n) is 3.65. The summed E-state index contributed by atoms with van der Waals surface area (Å²) < 4.78 is 23.0. The van der Waals surface area contributed by atoms with E-state index < -0.39 is 0 Å². The second kappa shape index (κ2) is 12.6. The van der Waals surface area contributed by atoms with E-state index in [1.54, 1.807) is 6.07 Å². The Hall–Kier alpha value is -2.64. The van der Waals surface area contributed by atoms with Gasteiger partial charge in [-0.15, -0.1) is 0 Å². The number of amides is 1. The van der Waals surface area contributed by atoms with Crippen molar-refractivity contribution in [1.82, 2.24) is 0 Å². The van der Waals surface area contributed by atoms with Gasteiger partial charge in [-0.2, -0.15) is 0 Å². The molecule has 33 heavy (non-hydrogen) atoms. The number of benzene rings is 2. The van der Waals surface area contributed by atoms with Crippen LogP contribution in [0.1, 0.15) is 32.3 Å². The molecule has 8 heteroatoms. The van der Waals surface area contributed by atoms with Crippen molar-refractivity contribution in [1.29, 1.82) is 0 Å². The fraction of sp³-hybridized carbons (Fsp3) is 0.480. The van der Waals surface area contributed by atoms with E-state index in [2.05, 4.69) is 10.2 Å². The van der Waals surface area contributed by atoms with Crippen molar-refractivity contribution < 1.29 is 23.7 Å². The minimum Gasteiger partial charge on any atom is -0.493 e. The Balaban J connectivity index is 1.63. The van der Waals surface area contributed by atoms with Crippen LogP contribution in [0.25, 0.3) is 0 Å². The first-order chi connectivity index (χ1) is 16.0. The predicted octanol–water partition coefficient (Wildman–Crippen LogP) is 5.08. The first kappa shape index (κ1) is 25.0. The molecule has 1 aliphatic rings. The normalized spacial score (nSPS) is 13.5. The van der Waals surface area contributed by atoms with Crippen molar-refractivity contribution in [2.45, 2.75) is 33.6 Å². The van der Waals surface area contributed by atoms with Gasteiger partial charge in [0.15, 0.2) is 0 Å². The summed E-state index contributed by atoms with van der Waals surface area (Å²) in [5, 5.41) is 3.66. The van der Waals surface area contributed by atoms with Gasteiger partial charge in [-0.25, -0.2) is 0 Å². The lowest BCUT2D eigenvalue weighted by Gasteiger charge is -2.31. The van der Waals surface area contributed by atoms with Crippen LogP contribution in [0.15, 0.2) is 30.3 Å². The number of morpholine rings is 1. The minimum atomic E-state index is -0.103. The summed E-state index contributed by atoms with van der Waals surface area (Å²) >= 11 is 5.98. The molecular weight excluding hydrogens is 444 g/mol. The van der Waals surface area contributed by atoms with Gasteiger partial charge in [0, 0.05) is 36.7 Å². The number of carbonyl (C=O) groups is 1. The minimum absolute atomic E-state index is 0.103. The number of aryl methyl sites for hydroxylation is 1. The molecule has 2 aromatic carbocycles. The Morgan fingerprint density at radius 2 is 1.76 bits per heavy atom. The van der Waals surface area contributed by atoms with Gasteiger partial charge in [-0.05, 0) is 51.0 Å². The van der Waals surface area contributed by atoms with Crippen LogP contribution in [-0.2, 0) is 9.53 Å². The number of halogens is 1. The zero-order valence-electron chi connectivity index (χ0n) is 19.6. The Morgan fingerprint density at radius 1 is 1.03 bits per heavy atom. The molecule has 0 spiro atoms. The standard InChI is InChI=1S/C25H33ClN2O5/c1-4-31-23-17-21(28-10-13-30-14-11-28)24(32-5-2)16-20(23)27-25(29)7-6-12-33-22-9-8-19(26)15-18(22)3/h8-9,15-17H,4-7,10-14H2,1-3H3,(H,27,29). The van der Waals surface area contributed by atoms with E-state index in [1.807, 2.05) is 45.0 Å². The molecule has 1 N–H and O–H groups in total. The third-order valence-corrected chi connectivity index (χ3v) is 5.46. The molecule has 0 radical (unpaired) electrons. The lowest BCUT2D eigenvalue weighted by atomic mass is 10.2. The highest BCUT2D eigenvalue weighted by molar-refractivity contribution is 6.30. The lowest BCUT2D eigenvalue weighted by Crippen LogP contribution is -2.36. The van der Waals surface area contributed by atoms with E-state index in [0.29, 0.717) is 62.3 Å². The third kappa shape index (κ3) is 7.17. The van der Waals surface area contributed by atoms with Crippen LogP contribution in [0.4, 0.5) is 11.4 Å². The van der Waals surface area contributed by atoms with Crippen molar-refractivity contribution >= 4 is 28.9 Å². The Labute approximate surface area is 200 Å². The zero-order valence-corrected chi connectivity index (χ0v) is 20.4. The molecule has 1 amide bonds. The first-order valence-corrected chi connectivity index (χ1v) is 11.8. The largest absolute Gasteiger partial charge is 0.493 e. The van der Waals surface area contributed by atoms with Gasteiger partial charge in [0.1, 0.15) is 17.2 Å². The van der Waals surface area contributed by atoms with Crippen molar-refractivity contribution in [2.75, 3.05) is 56.3 Å². The Kier molecular flexibility index (Phi) is 9.51. The summed E-state index contributed by atoms with van der Waals surface area (Å²) in [4.78, 5) is 14.9. The number of hydrogen-bond acceptors (Lipinski definition) is 6. The van der Waals surface area contributed by atoms with Gasteiger partial charge in [-0.3, -0.25) is 4.79 Å². The van der Waals surface area contributed by atoms with Gasteiger partial charge in [-0.1, -0.05) is 11.6 Å². The van der Waals surface area contributed by atoms with Gasteiger partial charge in [0.2, 0.25) is 5.91 Å². The summed E-state index contributed by atoms with van der Waals surface area (Å²) in [6, 6.07) is 9.29. The SMILES string of the molecule is CCOc1cc(N2CCOCC2)c(OCC)cc1NC(=O)CCCOc1ccc(Cl)cc1C. The number of ether oxygens (including phenoxy) is 4. The van der Waals surface area contributed by atoms with E-state index in [0.717, 1.165) is 35.8 Å². The molecule has 0 unspecified atom stereocenters. The van der Waals surface area contributed by atoms with Crippen molar-refractivity contribution in [2.24, 2.45) is 0 Å². The summed E-state index contributed by atoms with van der Waals surface area (Å²) in [6.07, 6.45) is 0.912. The molecule has 180 valence electrons. The summed E-state index contributed by atoms with van der Waals surface area (Å²) in [7, 11) is 0. The summed E-state index contributed by atoms with van der Waals surface area (Å²) in [6.45, 7) is 10.2. The van der Waals surface area contributed by atoms with Crippen LogP contribution >= 0.6 is 11.6 Å². The Bertz CT molecular complexity index is 931. The molecule has 0 bridgehead atoms. The number of hydrogen-bond donors (Lipinski definition) is 1.